The number of rotatable bonds is 8. The van der Waals surface area contributed by atoms with Crippen molar-refractivity contribution in [2.45, 2.75) is 33.4 Å². The second kappa shape index (κ2) is 8.72. The summed E-state index contributed by atoms with van der Waals surface area (Å²) in [6.45, 7) is 4.96. The van der Waals surface area contributed by atoms with E-state index in [1.807, 2.05) is 0 Å². The Morgan fingerprint density at radius 3 is 2.04 bits per heavy atom. The monoisotopic (exact) mass is 349 g/mol. The number of aliphatic carboxylic acids is 2. The number of carboxylic acids is 2. The fourth-order valence-electron chi connectivity index (χ4n) is 2.33. The topological polar surface area (TPSA) is 148 Å². The molecular formula is C17H23N3O5. The van der Waals surface area contributed by atoms with Crippen molar-refractivity contribution < 1.29 is 24.5 Å². The third-order valence-electron chi connectivity index (χ3n) is 3.33. The summed E-state index contributed by atoms with van der Waals surface area (Å²) >= 11 is 0. The van der Waals surface area contributed by atoms with Crippen molar-refractivity contribution in [2.24, 2.45) is 22.4 Å². The van der Waals surface area contributed by atoms with Crippen LogP contribution in [0.1, 0.15) is 26.3 Å². The van der Waals surface area contributed by atoms with Gasteiger partial charge >= 0.3 is 11.9 Å². The van der Waals surface area contributed by atoms with Gasteiger partial charge in [-0.05, 0) is 30.5 Å². The molecule has 0 saturated heterocycles. The molecule has 0 amide bonds. The molecule has 1 unspecified atom stereocenters. The lowest BCUT2D eigenvalue weighted by Crippen LogP contribution is -2.26. The summed E-state index contributed by atoms with van der Waals surface area (Å²) < 4.78 is 5.49. The van der Waals surface area contributed by atoms with Crippen LogP contribution in [0.4, 0.5) is 0 Å². The van der Waals surface area contributed by atoms with E-state index in [2.05, 4.69) is 4.99 Å². The average Bonchev–Trinajstić information content (AvgIpc) is 2.46. The summed E-state index contributed by atoms with van der Waals surface area (Å²) in [4.78, 5) is 26.7. The highest BCUT2D eigenvalue weighted by molar-refractivity contribution is 5.99. The molecule has 6 N–H and O–H groups in total. The normalized spacial score (nSPS) is 13.0. The van der Waals surface area contributed by atoms with Crippen LogP contribution in [-0.2, 0) is 16.0 Å². The fourth-order valence-corrected chi connectivity index (χ4v) is 2.33. The SMILES string of the molecule is CC(N=C(N)N)Oc1ccc(C/C(C(=O)O)=C(/C(=O)O)C(C)C)cc1. The Bertz CT molecular complexity index is 689. The maximum atomic E-state index is 11.5. The summed E-state index contributed by atoms with van der Waals surface area (Å²) in [5.74, 6) is -2.46. The van der Waals surface area contributed by atoms with Crippen molar-refractivity contribution in [1.29, 1.82) is 0 Å². The van der Waals surface area contributed by atoms with Crippen LogP contribution in [0.5, 0.6) is 5.75 Å². The Labute approximate surface area is 145 Å². The first-order chi connectivity index (χ1) is 11.6. The molecule has 0 aliphatic heterocycles. The van der Waals surface area contributed by atoms with Gasteiger partial charge in [-0.1, -0.05) is 26.0 Å². The number of aliphatic imine (C=N–C) groups is 1. The van der Waals surface area contributed by atoms with Gasteiger partial charge in [0, 0.05) is 6.42 Å². The van der Waals surface area contributed by atoms with Gasteiger partial charge in [0.1, 0.15) is 5.75 Å². The average molecular weight is 349 g/mol. The number of carboxylic acid groups (broad SMARTS) is 2. The highest BCUT2D eigenvalue weighted by atomic mass is 16.5. The fraction of sp³-hybridized carbons (Fsp3) is 0.353. The molecule has 1 aromatic carbocycles. The molecule has 1 aromatic rings. The second-order valence-corrected chi connectivity index (χ2v) is 5.75. The minimum atomic E-state index is -1.24. The molecule has 136 valence electrons. The summed E-state index contributed by atoms with van der Waals surface area (Å²) in [5, 5.41) is 18.7. The molecule has 0 aliphatic rings. The third kappa shape index (κ3) is 6.17. The van der Waals surface area contributed by atoms with Crippen LogP contribution in [0.25, 0.3) is 0 Å². The van der Waals surface area contributed by atoms with Crippen molar-refractivity contribution in [3.05, 3.63) is 41.0 Å². The molecule has 8 nitrogen and oxygen atoms in total. The summed E-state index contributed by atoms with van der Waals surface area (Å²) in [7, 11) is 0. The lowest BCUT2D eigenvalue weighted by atomic mass is 9.93. The molecule has 0 saturated carbocycles. The minimum absolute atomic E-state index is 0.00111. The Morgan fingerprint density at radius 2 is 1.64 bits per heavy atom. The van der Waals surface area contributed by atoms with Crippen molar-refractivity contribution in [1.82, 2.24) is 0 Å². The first-order valence-corrected chi connectivity index (χ1v) is 7.65. The van der Waals surface area contributed by atoms with E-state index in [-0.39, 0.29) is 23.5 Å². The van der Waals surface area contributed by atoms with E-state index in [1.165, 1.54) is 0 Å². The molecular weight excluding hydrogens is 326 g/mol. The number of carbonyl (C=O) groups is 2. The van der Waals surface area contributed by atoms with Gasteiger partial charge in [0.15, 0.2) is 12.2 Å². The van der Waals surface area contributed by atoms with Gasteiger partial charge in [-0.3, -0.25) is 0 Å². The van der Waals surface area contributed by atoms with Crippen LogP contribution in [0.2, 0.25) is 0 Å². The van der Waals surface area contributed by atoms with Crippen LogP contribution in [-0.4, -0.2) is 34.3 Å². The number of hydrogen-bond donors (Lipinski definition) is 4. The molecule has 0 bridgehead atoms. The smallest absolute Gasteiger partial charge is 0.332 e. The largest absolute Gasteiger partial charge is 0.478 e. The highest BCUT2D eigenvalue weighted by Gasteiger charge is 2.23. The number of guanidine groups is 1. The molecule has 0 fully saturated rings. The quantitative estimate of drug-likeness (QED) is 0.314. The molecule has 0 spiro atoms. The first kappa shape index (κ1) is 20.0. The maximum Gasteiger partial charge on any atom is 0.332 e. The minimum Gasteiger partial charge on any atom is -0.478 e. The number of nitrogens with two attached hydrogens (primary N) is 2. The zero-order valence-electron chi connectivity index (χ0n) is 14.4. The summed E-state index contributed by atoms with van der Waals surface area (Å²) in [6.07, 6.45) is -0.566. The van der Waals surface area contributed by atoms with Crippen molar-refractivity contribution in [3.8, 4) is 5.75 Å². The van der Waals surface area contributed by atoms with Crippen molar-refractivity contribution >= 4 is 17.9 Å². The van der Waals surface area contributed by atoms with E-state index in [0.717, 1.165) is 0 Å². The molecule has 0 aromatic heterocycles. The van der Waals surface area contributed by atoms with Gasteiger partial charge in [-0.25, -0.2) is 14.6 Å². The van der Waals surface area contributed by atoms with Gasteiger partial charge in [0.2, 0.25) is 0 Å². The highest BCUT2D eigenvalue weighted by Crippen LogP contribution is 2.22. The van der Waals surface area contributed by atoms with E-state index >= 15 is 0 Å². The Balaban J connectivity index is 3.02. The number of nitrogens with zero attached hydrogens (tertiary/aromatic N) is 1. The van der Waals surface area contributed by atoms with E-state index in [4.69, 9.17) is 16.2 Å². The molecule has 0 aliphatic carbocycles. The number of hydrogen-bond acceptors (Lipinski definition) is 4. The molecule has 8 heteroatoms. The van der Waals surface area contributed by atoms with E-state index in [9.17, 15) is 19.8 Å². The first-order valence-electron chi connectivity index (χ1n) is 7.65. The Morgan fingerprint density at radius 1 is 1.08 bits per heavy atom. The lowest BCUT2D eigenvalue weighted by molar-refractivity contribution is -0.136. The van der Waals surface area contributed by atoms with Crippen molar-refractivity contribution in [3.63, 3.8) is 0 Å². The Hall–Kier alpha value is -3.03. The maximum absolute atomic E-state index is 11.5. The zero-order valence-corrected chi connectivity index (χ0v) is 14.4. The number of ether oxygens (including phenoxy) is 1. The van der Waals surface area contributed by atoms with Crippen LogP contribution in [0.3, 0.4) is 0 Å². The zero-order chi connectivity index (χ0) is 19.1. The molecule has 1 atom stereocenters. The standard InChI is InChI=1S/C17H23N3O5/c1-9(2)14(16(23)24)13(15(21)22)8-11-4-6-12(7-5-11)25-10(3)20-17(18)19/h4-7,9-10H,8H2,1-3H3,(H,21,22)(H,23,24)(H4,18,19,20)/b14-13-. The predicted molar refractivity (Wildman–Crippen MR) is 93.2 cm³/mol. The van der Waals surface area contributed by atoms with E-state index in [1.54, 1.807) is 45.0 Å². The summed E-state index contributed by atoms with van der Waals surface area (Å²) in [6, 6.07) is 6.62. The van der Waals surface area contributed by atoms with Gasteiger partial charge in [-0.2, -0.15) is 0 Å². The van der Waals surface area contributed by atoms with Crippen LogP contribution in [0.15, 0.2) is 40.4 Å². The molecule has 0 radical (unpaired) electrons. The predicted octanol–water partition coefficient (Wildman–Crippen LogP) is 1.35. The van der Waals surface area contributed by atoms with Crippen LogP contribution < -0.4 is 16.2 Å². The second-order valence-electron chi connectivity index (χ2n) is 5.75. The molecule has 25 heavy (non-hydrogen) atoms. The van der Waals surface area contributed by atoms with Gasteiger partial charge in [-0.15, -0.1) is 0 Å². The number of benzene rings is 1. The van der Waals surface area contributed by atoms with Gasteiger partial charge in [0.25, 0.3) is 0 Å². The van der Waals surface area contributed by atoms with Crippen molar-refractivity contribution in [2.75, 3.05) is 0 Å². The lowest BCUT2D eigenvalue weighted by Gasteiger charge is -2.13. The van der Waals surface area contributed by atoms with E-state index < -0.39 is 24.1 Å². The summed E-state index contributed by atoms with van der Waals surface area (Å²) in [5.41, 5.74) is 11.0. The molecule has 0 heterocycles. The van der Waals surface area contributed by atoms with Crippen LogP contribution in [0, 0.1) is 5.92 Å². The molecule has 1 rings (SSSR count). The van der Waals surface area contributed by atoms with Gasteiger partial charge < -0.3 is 26.4 Å². The third-order valence-corrected chi connectivity index (χ3v) is 3.33. The van der Waals surface area contributed by atoms with E-state index in [0.29, 0.717) is 11.3 Å². The van der Waals surface area contributed by atoms with Gasteiger partial charge in [0.05, 0.1) is 11.1 Å². The Kier molecular flexibility index (Phi) is 6.98. The van der Waals surface area contributed by atoms with Crippen LogP contribution >= 0.6 is 0 Å².